The summed E-state index contributed by atoms with van der Waals surface area (Å²) in [7, 11) is 0. The fourth-order valence-corrected chi connectivity index (χ4v) is 14.1. The van der Waals surface area contributed by atoms with Gasteiger partial charge in [0.2, 0.25) is 0 Å². The minimum atomic E-state index is -0.609. The first kappa shape index (κ1) is 38.6. The fraction of sp³-hybridized carbons (Fsp3) is 0.0769. The maximum atomic E-state index is 2.59. The molecule has 14 rings (SSSR count). The van der Waals surface area contributed by atoms with Crippen molar-refractivity contribution in [1.29, 1.82) is 0 Å². The summed E-state index contributed by atoms with van der Waals surface area (Å²) in [6.45, 7) is 4.78. The summed E-state index contributed by atoms with van der Waals surface area (Å²) < 4.78 is 0. The molecule has 0 radical (unpaired) electrons. The van der Waals surface area contributed by atoms with Crippen molar-refractivity contribution >= 4 is 28.8 Å². The van der Waals surface area contributed by atoms with E-state index in [0.29, 0.717) is 0 Å². The van der Waals surface area contributed by atoms with Crippen molar-refractivity contribution in [2.75, 3.05) is 4.90 Å². The van der Waals surface area contributed by atoms with Crippen molar-refractivity contribution < 1.29 is 0 Å². The maximum Gasteiger partial charge on any atom is 0.0736 e. The first-order valence-corrected chi connectivity index (χ1v) is 24.3. The molecule has 0 saturated carbocycles. The van der Waals surface area contributed by atoms with E-state index >= 15 is 0 Å². The quantitative estimate of drug-likeness (QED) is 0.170. The zero-order chi connectivity index (χ0) is 44.5. The van der Waals surface area contributed by atoms with Crippen LogP contribution in [0.4, 0.5) is 17.1 Å². The number of fused-ring (bicyclic) bond motifs is 15. The smallest absolute Gasteiger partial charge is 0.0736 e. The minimum Gasteiger partial charge on any atom is -0.310 e. The van der Waals surface area contributed by atoms with Crippen LogP contribution in [0.5, 0.6) is 0 Å². The van der Waals surface area contributed by atoms with Gasteiger partial charge in [0.15, 0.2) is 0 Å². The van der Waals surface area contributed by atoms with E-state index in [9.17, 15) is 0 Å². The number of para-hydroxylation sites is 1. The number of anilines is 3. The Kier molecular flexibility index (Phi) is 8.17. The number of hydrogen-bond acceptors (Lipinski definition) is 2. The summed E-state index contributed by atoms with van der Waals surface area (Å²) in [5.41, 5.74) is 23.1. The third kappa shape index (κ3) is 5.06. The predicted octanol–water partition coefficient (Wildman–Crippen LogP) is 16.7. The molecule has 0 N–H and O–H groups in total. The highest BCUT2D eigenvalue weighted by Gasteiger charge is 2.51. The van der Waals surface area contributed by atoms with Gasteiger partial charge in [-0.2, -0.15) is 0 Å². The van der Waals surface area contributed by atoms with Gasteiger partial charge in [0.1, 0.15) is 0 Å². The van der Waals surface area contributed by atoms with Crippen LogP contribution in [-0.2, 0) is 16.2 Å². The largest absolute Gasteiger partial charge is 0.310 e. The van der Waals surface area contributed by atoms with E-state index in [-0.39, 0.29) is 5.41 Å². The van der Waals surface area contributed by atoms with Crippen LogP contribution in [0.3, 0.4) is 0 Å². The first-order valence-electron chi connectivity index (χ1n) is 23.5. The van der Waals surface area contributed by atoms with Crippen LogP contribution in [-0.4, -0.2) is 0 Å². The Morgan fingerprint density at radius 1 is 0.299 bits per heavy atom. The van der Waals surface area contributed by atoms with E-state index in [0.717, 1.165) is 17.1 Å². The molecule has 0 unspecified atom stereocenters. The van der Waals surface area contributed by atoms with Crippen molar-refractivity contribution in [2.24, 2.45) is 0 Å². The van der Waals surface area contributed by atoms with Crippen molar-refractivity contribution in [2.45, 2.75) is 39.9 Å². The van der Waals surface area contributed by atoms with Crippen LogP contribution in [0, 0.1) is 0 Å². The monoisotopic (exact) mass is 871 g/mol. The molecule has 10 aromatic carbocycles. The second kappa shape index (κ2) is 14.2. The second-order valence-corrected chi connectivity index (χ2v) is 20.2. The Bertz CT molecular complexity index is 3580. The van der Waals surface area contributed by atoms with E-state index in [4.69, 9.17) is 0 Å². The van der Waals surface area contributed by atoms with Gasteiger partial charge in [-0.1, -0.05) is 220 Å². The third-order valence-corrected chi connectivity index (χ3v) is 16.8. The van der Waals surface area contributed by atoms with E-state index in [1.807, 2.05) is 11.8 Å². The summed E-state index contributed by atoms with van der Waals surface area (Å²) in [6, 6.07) is 89.6. The average molecular weight is 872 g/mol. The molecule has 1 aliphatic heterocycles. The number of benzene rings is 10. The van der Waals surface area contributed by atoms with Crippen molar-refractivity contribution in [3.63, 3.8) is 0 Å². The summed E-state index contributed by atoms with van der Waals surface area (Å²) in [6.07, 6.45) is 0. The predicted molar refractivity (Wildman–Crippen MR) is 277 cm³/mol. The van der Waals surface area contributed by atoms with Gasteiger partial charge >= 0.3 is 0 Å². The molecular weight excluding hydrogens is 827 g/mol. The number of rotatable bonds is 5. The zero-order valence-corrected chi connectivity index (χ0v) is 38.2. The molecule has 2 heteroatoms. The molecular formula is C65H45NS. The van der Waals surface area contributed by atoms with Gasteiger partial charge in [0, 0.05) is 26.6 Å². The van der Waals surface area contributed by atoms with E-state index in [1.54, 1.807) is 0 Å². The summed E-state index contributed by atoms with van der Waals surface area (Å²) >= 11 is 1.89. The summed E-state index contributed by atoms with van der Waals surface area (Å²) in [5, 5.41) is 0. The highest BCUT2D eigenvalue weighted by molar-refractivity contribution is 7.99. The molecule has 0 atom stereocenters. The molecule has 0 aromatic heterocycles. The Labute approximate surface area is 397 Å². The highest BCUT2D eigenvalue weighted by Crippen LogP contribution is 2.64. The van der Waals surface area contributed by atoms with Gasteiger partial charge in [-0.25, -0.2) is 0 Å². The Morgan fingerprint density at radius 3 is 1.25 bits per heavy atom. The van der Waals surface area contributed by atoms with Crippen LogP contribution >= 0.6 is 11.8 Å². The van der Waals surface area contributed by atoms with Crippen LogP contribution in [0.2, 0.25) is 0 Å². The summed E-state index contributed by atoms with van der Waals surface area (Å²) in [4.78, 5) is 5.20. The number of hydrogen-bond donors (Lipinski definition) is 0. The van der Waals surface area contributed by atoms with Gasteiger partial charge in [-0.3, -0.25) is 0 Å². The van der Waals surface area contributed by atoms with Gasteiger partial charge in [-0.05, 0) is 131 Å². The molecule has 1 spiro atoms. The normalized spacial score (nSPS) is 15.3. The molecule has 1 heterocycles. The molecule has 3 aliphatic carbocycles. The van der Waals surface area contributed by atoms with Crippen molar-refractivity contribution in [3.05, 3.63) is 292 Å². The lowest BCUT2D eigenvalue weighted by atomic mass is 9.67. The van der Waals surface area contributed by atoms with Gasteiger partial charge < -0.3 is 4.90 Å². The van der Waals surface area contributed by atoms with E-state index in [1.165, 1.54) is 98.8 Å². The lowest BCUT2D eigenvalue weighted by molar-refractivity contribution is 0.660. The third-order valence-electron chi connectivity index (χ3n) is 15.6. The van der Waals surface area contributed by atoms with E-state index < -0.39 is 10.8 Å². The molecule has 10 aromatic rings. The fourth-order valence-electron chi connectivity index (χ4n) is 12.9. The van der Waals surface area contributed by atoms with E-state index in [2.05, 4.69) is 255 Å². The minimum absolute atomic E-state index is 0.182. The zero-order valence-electron chi connectivity index (χ0n) is 37.4. The molecule has 67 heavy (non-hydrogen) atoms. The molecule has 0 bridgehead atoms. The molecule has 316 valence electrons. The van der Waals surface area contributed by atoms with Crippen LogP contribution in [0.1, 0.15) is 69.5 Å². The Hall–Kier alpha value is -7.65. The van der Waals surface area contributed by atoms with Crippen LogP contribution < -0.4 is 4.90 Å². The van der Waals surface area contributed by atoms with Gasteiger partial charge in [-0.15, -0.1) is 0 Å². The SMILES string of the molecule is CC1(C)c2ccccc2-c2ccc(N(c3ccc4c(c3)C3(c5ccccc5Sc5ccccc53)c3ccccc3-4)c3ccccc3C3(c4ccccc4)c4ccccc4-c4ccccc43)cc21. The molecule has 4 aliphatic rings. The van der Waals surface area contributed by atoms with Crippen LogP contribution in [0.15, 0.2) is 246 Å². The maximum absolute atomic E-state index is 2.59. The average Bonchev–Trinajstić information content (AvgIpc) is 3.94. The molecule has 0 amide bonds. The highest BCUT2D eigenvalue weighted by atomic mass is 32.2. The Balaban J connectivity index is 1.09. The molecule has 0 fully saturated rings. The second-order valence-electron chi connectivity index (χ2n) is 19.1. The molecule has 1 nitrogen and oxygen atoms in total. The summed E-state index contributed by atoms with van der Waals surface area (Å²) in [5.74, 6) is 0. The topological polar surface area (TPSA) is 3.24 Å². The first-order chi connectivity index (χ1) is 33.0. The van der Waals surface area contributed by atoms with Gasteiger partial charge in [0.25, 0.3) is 0 Å². The standard InChI is InChI=1S/C65H45NS/c1-63(2)51-26-10-6-22-45(51)49-38-36-43(40-58(49)63)66(60-33-17-14-30-55(60)64(42-20-4-3-5-21-42)52-27-11-7-23-46(52)47-24-8-12-28-53(47)64)44-37-39-50-48-25-9-13-29-54(48)65(59(50)41-44)56-31-15-18-34-61(56)67-62-35-19-16-32-57(62)65/h3-41H,1-2H3. The van der Waals surface area contributed by atoms with Crippen molar-refractivity contribution in [3.8, 4) is 33.4 Å². The molecule has 0 saturated heterocycles. The number of nitrogens with zero attached hydrogens (tertiary/aromatic N) is 1. The van der Waals surface area contributed by atoms with Crippen molar-refractivity contribution in [1.82, 2.24) is 0 Å². The lowest BCUT2D eigenvalue weighted by Gasteiger charge is -2.40. The lowest BCUT2D eigenvalue weighted by Crippen LogP contribution is -2.32. The van der Waals surface area contributed by atoms with Crippen LogP contribution in [0.25, 0.3) is 33.4 Å². The Morgan fingerprint density at radius 2 is 0.687 bits per heavy atom. The van der Waals surface area contributed by atoms with Gasteiger partial charge in [0.05, 0.1) is 16.5 Å².